The molecule has 4 rings (SSSR count). The first-order chi connectivity index (χ1) is 15.5. The minimum absolute atomic E-state index is 0.225. The predicted octanol–water partition coefficient (Wildman–Crippen LogP) is 4.30. The number of amidine groups is 1. The number of halogens is 1. The van der Waals surface area contributed by atoms with E-state index in [-0.39, 0.29) is 5.69 Å². The van der Waals surface area contributed by atoms with Gasteiger partial charge in [-0.3, -0.25) is 9.98 Å². The summed E-state index contributed by atoms with van der Waals surface area (Å²) in [6.07, 6.45) is 6.58. The Kier molecular flexibility index (Phi) is 6.08. The molecule has 9 nitrogen and oxygen atoms in total. The second-order valence-corrected chi connectivity index (χ2v) is 7.30. The molecule has 0 saturated carbocycles. The third-order valence-corrected chi connectivity index (χ3v) is 5.18. The average molecular weight is 451 g/mol. The highest BCUT2D eigenvalue weighted by Crippen LogP contribution is 2.31. The molecule has 4 aromatic rings. The second kappa shape index (κ2) is 9.10. The molecule has 162 valence electrons. The van der Waals surface area contributed by atoms with Gasteiger partial charge >= 0.3 is 0 Å². The topological polar surface area (TPSA) is 102 Å². The zero-order valence-corrected chi connectivity index (χ0v) is 18.4. The Labute approximate surface area is 187 Å². The standard InChI is InChI=1S/C21H19FN8OS/c1-12-16(31-13-7-8-30-17(9-13)26-11-27-30)6-5-14(18(12)22)28-20(24-3)19-15(23-2)10-25-21(29-19)32-4/h5-11H,2H2,1,3-4H3,(H,24,28). The number of fused-ring (bicyclic) bond motifs is 1. The molecule has 0 radical (unpaired) electrons. The Morgan fingerprint density at radius 2 is 2.12 bits per heavy atom. The van der Waals surface area contributed by atoms with Crippen molar-refractivity contribution in [3.8, 4) is 11.5 Å². The summed E-state index contributed by atoms with van der Waals surface area (Å²) in [6.45, 7) is 5.19. The number of rotatable bonds is 6. The zero-order valence-electron chi connectivity index (χ0n) is 17.6. The highest BCUT2D eigenvalue weighted by atomic mass is 32.2. The number of ether oxygens (including phenoxy) is 1. The summed E-state index contributed by atoms with van der Waals surface area (Å²) in [5.74, 6) is 0.776. The number of benzene rings is 1. The van der Waals surface area contributed by atoms with Crippen molar-refractivity contribution >= 4 is 41.3 Å². The van der Waals surface area contributed by atoms with Crippen LogP contribution in [0.2, 0.25) is 0 Å². The van der Waals surface area contributed by atoms with Crippen LogP contribution in [0.4, 0.5) is 15.8 Å². The van der Waals surface area contributed by atoms with Crippen molar-refractivity contribution in [2.24, 2.45) is 9.98 Å². The molecule has 0 fully saturated rings. The first-order valence-corrected chi connectivity index (χ1v) is 10.6. The number of pyridine rings is 1. The van der Waals surface area contributed by atoms with Crippen LogP contribution in [-0.4, -0.2) is 50.4 Å². The van der Waals surface area contributed by atoms with Gasteiger partial charge in [-0.1, -0.05) is 11.8 Å². The van der Waals surface area contributed by atoms with E-state index in [2.05, 4.69) is 42.1 Å². The van der Waals surface area contributed by atoms with Crippen molar-refractivity contribution < 1.29 is 9.13 Å². The molecular formula is C21H19FN8OS. The first-order valence-electron chi connectivity index (χ1n) is 9.42. The smallest absolute Gasteiger partial charge is 0.188 e. The van der Waals surface area contributed by atoms with Gasteiger partial charge in [0, 0.05) is 24.9 Å². The maximum absolute atomic E-state index is 15.2. The van der Waals surface area contributed by atoms with Crippen molar-refractivity contribution in [3.05, 3.63) is 60.1 Å². The molecule has 1 N–H and O–H groups in total. The quantitative estimate of drug-likeness (QED) is 0.202. The van der Waals surface area contributed by atoms with Gasteiger partial charge < -0.3 is 10.1 Å². The van der Waals surface area contributed by atoms with Crippen LogP contribution in [0.3, 0.4) is 0 Å². The number of anilines is 1. The van der Waals surface area contributed by atoms with Crippen molar-refractivity contribution in [2.75, 3.05) is 18.6 Å². The van der Waals surface area contributed by atoms with Crippen LogP contribution in [0.25, 0.3) is 5.65 Å². The van der Waals surface area contributed by atoms with Crippen molar-refractivity contribution in [1.29, 1.82) is 0 Å². The molecule has 0 bridgehead atoms. The Hall–Kier alpha value is -3.86. The SMILES string of the molecule is C=Nc1cnc(SC)nc1/C(=N\C)Nc1ccc(Oc2ccn3ncnc3c2)c(C)c1F. The maximum Gasteiger partial charge on any atom is 0.188 e. The molecule has 1 aromatic carbocycles. The summed E-state index contributed by atoms with van der Waals surface area (Å²) in [5.41, 5.74) is 2.06. The number of hydrogen-bond acceptors (Lipinski definition) is 8. The fraction of sp³-hybridized carbons (Fsp3) is 0.143. The third kappa shape index (κ3) is 4.14. The highest BCUT2D eigenvalue weighted by molar-refractivity contribution is 7.98. The van der Waals surface area contributed by atoms with Gasteiger partial charge in [0.05, 0.1) is 11.9 Å². The van der Waals surface area contributed by atoms with Crippen molar-refractivity contribution in [1.82, 2.24) is 24.6 Å². The third-order valence-electron chi connectivity index (χ3n) is 4.62. The summed E-state index contributed by atoms with van der Waals surface area (Å²) in [5, 5.41) is 7.59. The number of nitrogens with one attached hydrogen (secondary N) is 1. The molecule has 0 atom stereocenters. The minimum Gasteiger partial charge on any atom is -0.457 e. The van der Waals surface area contributed by atoms with E-state index in [4.69, 9.17) is 4.74 Å². The number of aliphatic imine (C=N–C) groups is 2. The molecule has 0 unspecified atom stereocenters. The Balaban J connectivity index is 1.62. The van der Waals surface area contributed by atoms with E-state index in [0.29, 0.717) is 45.1 Å². The maximum atomic E-state index is 15.2. The molecule has 11 heteroatoms. The summed E-state index contributed by atoms with van der Waals surface area (Å²) >= 11 is 1.38. The van der Waals surface area contributed by atoms with Gasteiger partial charge in [0.25, 0.3) is 0 Å². The lowest BCUT2D eigenvalue weighted by Gasteiger charge is -2.15. The van der Waals surface area contributed by atoms with Gasteiger partial charge in [-0.2, -0.15) is 5.10 Å². The summed E-state index contributed by atoms with van der Waals surface area (Å²) in [6, 6.07) is 6.72. The fourth-order valence-electron chi connectivity index (χ4n) is 2.96. The zero-order chi connectivity index (χ0) is 22.7. The number of aromatic nitrogens is 5. The molecule has 0 saturated heterocycles. The Morgan fingerprint density at radius 1 is 1.28 bits per heavy atom. The largest absolute Gasteiger partial charge is 0.457 e. The average Bonchev–Trinajstić information content (AvgIpc) is 3.29. The molecule has 0 amide bonds. The van der Waals surface area contributed by atoms with Crippen molar-refractivity contribution in [3.63, 3.8) is 0 Å². The first kappa shape index (κ1) is 21.4. The van der Waals surface area contributed by atoms with Gasteiger partial charge in [-0.25, -0.2) is 23.9 Å². The van der Waals surface area contributed by atoms with Crippen LogP contribution in [0.1, 0.15) is 11.3 Å². The number of hydrogen-bond donors (Lipinski definition) is 1. The number of thioether (sulfide) groups is 1. The number of nitrogens with zero attached hydrogens (tertiary/aromatic N) is 7. The minimum atomic E-state index is -0.473. The monoisotopic (exact) mass is 450 g/mol. The van der Waals surface area contributed by atoms with Gasteiger partial charge in [0.2, 0.25) is 0 Å². The van der Waals surface area contributed by atoms with Crippen LogP contribution in [0, 0.1) is 12.7 Å². The van der Waals surface area contributed by atoms with E-state index in [1.54, 1.807) is 55.1 Å². The Bertz CT molecular complexity index is 1340. The lowest BCUT2D eigenvalue weighted by molar-refractivity contribution is 0.471. The molecule has 0 aliphatic heterocycles. The van der Waals surface area contributed by atoms with Crippen LogP contribution < -0.4 is 10.1 Å². The van der Waals surface area contributed by atoms with Gasteiger partial charge in [0.15, 0.2) is 22.5 Å². The molecule has 0 aliphatic carbocycles. The highest BCUT2D eigenvalue weighted by Gasteiger charge is 2.17. The lowest BCUT2D eigenvalue weighted by atomic mass is 10.1. The van der Waals surface area contributed by atoms with Crippen LogP contribution in [0.5, 0.6) is 11.5 Å². The van der Waals surface area contributed by atoms with Gasteiger partial charge in [0.1, 0.15) is 29.2 Å². The van der Waals surface area contributed by atoms with E-state index >= 15 is 4.39 Å². The molecular weight excluding hydrogens is 431 g/mol. The van der Waals surface area contributed by atoms with Crippen LogP contribution in [0.15, 0.2) is 58.1 Å². The Morgan fingerprint density at radius 3 is 2.88 bits per heavy atom. The normalized spacial score (nSPS) is 11.6. The van der Waals surface area contributed by atoms with E-state index in [1.807, 2.05) is 6.26 Å². The lowest BCUT2D eigenvalue weighted by Crippen LogP contribution is -2.17. The predicted molar refractivity (Wildman–Crippen MR) is 123 cm³/mol. The van der Waals surface area contributed by atoms with Gasteiger partial charge in [-0.05, 0) is 38.1 Å². The molecule has 3 aromatic heterocycles. The van der Waals surface area contributed by atoms with Gasteiger partial charge in [-0.15, -0.1) is 0 Å². The van der Waals surface area contributed by atoms with Crippen LogP contribution >= 0.6 is 11.8 Å². The van der Waals surface area contributed by atoms with E-state index in [1.165, 1.54) is 18.1 Å². The van der Waals surface area contributed by atoms with E-state index in [9.17, 15) is 0 Å². The summed E-state index contributed by atoms with van der Waals surface area (Å²) < 4.78 is 22.7. The molecule has 0 aliphatic rings. The van der Waals surface area contributed by atoms with E-state index < -0.39 is 5.82 Å². The molecule has 3 heterocycles. The molecule has 0 spiro atoms. The molecule has 32 heavy (non-hydrogen) atoms. The summed E-state index contributed by atoms with van der Waals surface area (Å²) in [4.78, 5) is 20.9. The second-order valence-electron chi connectivity index (χ2n) is 6.52. The van der Waals surface area contributed by atoms with Crippen LogP contribution in [-0.2, 0) is 0 Å². The van der Waals surface area contributed by atoms with E-state index in [0.717, 1.165) is 0 Å². The fourth-order valence-corrected chi connectivity index (χ4v) is 3.30. The van der Waals surface area contributed by atoms with Crippen molar-refractivity contribution in [2.45, 2.75) is 12.1 Å². The summed E-state index contributed by atoms with van der Waals surface area (Å²) in [7, 11) is 1.58.